The van der Waals surface area contributed by atoms with E-state index in [-0.39, 0.29) is 12.5 Å². The van der Waals surface area contributed by atoms with Gasteiger partial charge < -0.3 is 9.30 Å². The second-order valence-corrected chi connectivity index (χ2v) is 4.56. The Labute approximate surface area is 112 Å². The maximum Gasteiger partial charge on any atom is 0.243 e. The molecule has 0 unspecified atom stereocenters. The number of ether oxygens (including phenoxy) is 1. The SMILES string of the molecule is COc1cccc2c(CN(O)C(C)=O)c(C)n(C)c12. The van der Waals surface area contributed by atoms with Crippen LogP contribution in [0.1, 0.15) is 18.2 Å². The lowest BCUT2D eigenvalue weighted by atomic mass is 10.1. The van der Waals surface area contributed by atoms with Gasteiger partial charge in [-0.3, -0.25) is 10.0 Å². The molecule has 1 N–H and O–H groups in total. The van der Waals surface area contributed by atoms with Crippen LogP contribution in [0.3, 0.4) is 0 Å². The number of hydrogen-bond donors (Lipinski definition) is 1. The zero-order chi connectivity index (χ0) is 14.2. The number of amides is 1. The van der Waals surface area contributed by atoms with E-state index in [1.807, 2.05) is 36.7 Å². The van der Waals surface area contributed by atoms with Gasteiger partial charge in [-0.15, -0.1) is 0 Å². The van der Waals surface area contributed by atoms with Crippen molar-refractivity contribution < 1.29 is 14.7 Å². The number of fused-ring (bicyclic) bond motifs is 1. The monoisotopic (exact) mass is 262 g/mol. The lowest BCUT2D eigenvalue weighted by Crippen LogP contribution is -2.24. The molecule has 102 valence electrons. The Balaban J connectivity index is 2.62. The summed E-state index contributed by atoms with van der Waals surface area (Å²) in [5.74, 6) is 0.404. The van der Waals surface area contributed by atoms with Crippen LogP contribution >= 0.6 is 0 Å². The fraction of sp³-hybridized carbons (Fsp3) is 0.357. The zero-order valence-electron chi connectivity index (χ0n) is 11.6. The lowest BCUT2D eigenvalue weighted by Gasteiger charge is -2.12. The molecule has 0 spiro atoms. The number of aryl methyl sites for hydroxylation is 1. The zero-order valence-corrected chi connectivity index (χ0v) is 11.6. The smallest absolute Gasteiger partial charge is 0.243 e. The van der Waals surface area contributed by atoms with Crippen molar-refractivity contribution in [2.75, 3.05) is 7.11 Å². The second-order valence-electron chi connectivity index (χ2n) is 4.56. The molecule has 0 aliphatic heterocycles. The van der Waals surface area contributed by atoms with E-state index in [9.17, 15) is 10.0 Å². The Morgan fingerprint density at radius 3 is 2.74 bits per heavy atom. The minimum Gasteiger partial charge on any atom is -0.495 e. The van der Waals surface area contributed by atoms with Gasteiger partial charge in [0.2, 0.25) is 5.91 Å². The number of carbonyl (C=O) groups excluding carboxylic acids is 1. The predicted molar refractivity (Wildman–Crippen MR) is 72.2 cm³/mol. The molecule has 1 heterocycles. The van der Waals surface area contributed by atoms with Crippen LogP contribution in [0, 0.1) is 6.92 Å². The van der Waals surface area contributed by atoms with E-state index < -0.39 is 0 Å². The molecular formula is C14H18N2O3. The highest BCUT2D eigenvalue weighted by Crippen LogP contribution is 2.32. The summed E-state index contributed by atoms with van der Waals surface area (Å²) in [6.45, 7) is 3.47. The van der Waals surface area contributed by atoms with E-state index in [2.05, 4.69) is 0 Å². The molecule has 0 bridgehead atoms. The van der Waals surface area contributed by atoms with Gasteiger partial charge in [0.15, 0.2) is 0 Å². The quantitative estimate of drug-likeness (QED) is 0.681. The van der Waals surface area contributed by atoms with Gasteiger partial charge in [-0.25, -0.2) is 5.06 Å². The second kappa shape index (κ2) is 4.93. The number of aromatic nitrogens is 1. The predicted octanol–water partition coefficient (Wildman–Crippen LogP) is 2.23. The van der Waals surface area contributed by atoms with E-state index in [4.69, 9.17) is 4.74 Å². The third-order valence-electron chi connectivity index (χ3n) is 3.49. The Morgan fingerprint density at radius 2 is 2.16 bits per heavy atom. The summed E-state index contributed by atoms with van der Waals surface area (Å²) >= 11 is 0. The van der Waals surface area contributed by atoms with E-state index in [0.717, 1.165) is 33.0 Å². The number of para-hydroxylation sites is 1. The molecule has 1 amide bonds. The summed E-state index contributed by atoms with van der Waals surface area (Å²) in [4.78, 5) is 11.2. The van der Waals surface area contributed by atoms with E-state index in [1.54, 1.807) is 7.11 Å². The summed E-state index contributed by atoms with van der Waals surface area (Å²) < 4.78 is 7.38. The Morgan fingerprint density at radius 1 is 1.47 bits per heavy atom. The van der Waals surface area contributed by atoms with Crippen molar-refractivity contribution in [2.24, 2.45) is 7.05 Å². The van der Waals surface area contributed by atoms with Gasteiger partial charge in [-0.2, -0.15) is 0 Å². The maximum atomic E-state index is 11.2. The van der Waals surface area contributed by atoms with Gasteiger partial charge in [0.05, 0.1) is 19.2 Å². The van der Waals surface area contributed by atoms with Crippen LogP contribution in [0.4, 0.5) is 0 Å². The summed E-state index contributed by atoms with van der Waals surface area (Å²) in [6.07, 6.45) is 0. The first-order valence-corrected chi connectivity index (χ1v) is 6.05. The molecule has 0 aliphatic rings. The standard InChI is InChI=1S/C14H18N2O3/c1-9-12(8-16(18)10(2)17)11-6-5-7-13(19-4)14(11)15(9)3/h5-7,18H,8H2,1-4H3. The molecule has 0 aliphatic carbocycles. The van der Waals surface area contributed by atoms with Crippen LogP contribution in [0.5, 0.6) is 5.75 Å². The number of rotatable bonds is 3. The Bertz CT molecular complexity index is 631. The van der Waals surface area contributed by atoms with Crippen molar-refractivity contribution in [3.05, 3.63) is 29.5 Å². The number of hydroxylamine groups is 2. The molecule has 19 heavy (non-hydrogen) atoms. The molecular weight excluding hydrogens is 244 g/mol. The van der Waals surface area contributed by atoms with Crippen LogP contribution in [0.15, 0.2) is 18.2 Å². The molecule has 5 nitrogen and oxygen atoms in total. The number of methoxy groups -OCH3 is 1. The normalized spacial score (nSPS) is 10.8. The van der Waals surface area contributed by atoms with Crippen LogP contribution < -0.4 is 4.74 Å². The third-order valence-corrected chi connectivity index (χ3v) is 3.49. The first-order valence-electron chi connectivity index (χ1n) is 6.05. The van der Waals surface area contributed by atoms with Crippen LogP contribution in [0.25, 0.3) is 10.9 Å². The van der Waals surface area contributed by atoms with Crippen LogP contribution in [0.2, 0.25) is 0 Å². The first-order chi connectivity index (χ1) is 8.97. The van der Waals surface area contributed by atoms with Gasteiger partial charge in [0.25, 0.3) is 0 Å². The fourth-order valence-electron chi connectivity index (χ4n) is 2.30. The average Bonchev–Trinajstić information content (AvgIpc) is 2.63. The van der Waals surface area contributed by atoms with Crippen molar-refractivity contribution in [2.45, 2.75) is 20.4 Å². The molecule has 2 aromatic rings. The highest BCUT2D eigenvalue weighted by atomic mass is 16.5. The van der Waals surface area contributed by atoms with Crippen molar-refractivity contribution in [1.82, 2.24) is 9.63 Å². The summed E-state index contributed by atoms with van der Waals surface area (Å²) in [5, 5.41) is 11.4. The van der Waals surface area contributed by atoms with Crippen molar-refractivity contribution in [3.63, 3.8) is 0 Å². The molecule has 1 aromatic carbocycles. The van der Waals surface area contributed by atoms with E-state index in [1.165, 1.54) is 6.92 Å². The van der Waals surface area contributed by atoms with Crippen molar-refractivity contribution in [3.8, 4) is 5.75 Å². The summed E-state index contributed by atoms with van der Waals surface area (Å²) in [5.41, 5.74) is 2.89. The molecule has 0 saturated heterocycles. The average molecular weight is 262 g/mol. The van der Waals surface area contributed by atoms with Gasteiger partial charge >= 0.3 is 0 Å². The molecule has 2 rings (SSSR count). The number of hydrogen-bond acceptors (Lipinski definition) is 3. The number of carbonyl (C=O) groups is 1. The first kappa shape index (κ1) is 13.4. The van der Waals surface area contributed by atoms with Crippen LogP contribution in [-0.4, -0.2) is 27.9 Å². The fourth-order valence-corrected chi connectivity index (χ4v) is 2.30. The topological polar surface area (TPSA) is 54.7 Å². The highest BCUT2D eigenvalue weighted by molar-refractivity contribution is 5.90. The van der Waals surface area contributed by atoms with Crippen molar-refractivity contribution >= 4 is 16.8 Å². The Hall–Kier alpha value is -2.01. The molecule has 0 radical (unpaired) electrons. The molecule has 1 aromatic heterocycles. The third kappa shape index (κ3) is 2.17. The molecule has 5 heteroatoms. The highest BCUT2D eigenvalue weighted by Gasteiger charge is 2.17. The van der Waals surface area contributed by atoms with Crippen molar-refractivity contribution in [1.29, 1.82) is 0 Å². The van der Waals surface area contributed by atoms with Crippen LogP contribution in [-0.2, 0) is 18.4 Å². The summed E-state index contributed by atoms with van der Waals surface area (Å²) in [7, 11) is 3.57. The van der Waals surface area contributed by atoms with Gasteiger partial charge in [-0.1, -0.05) is 12.1 Å². The van der Waals surface area contributed by atoms with Gasteiger partial charge in [0.1, 0.15) is 5.75 Å². The largest absolute Gasteiger partial charge is 0.495 e. The summed E-state index contributed by atoms with van der Waals surface area (Å²) in [6, 6.07) is 5.76. The molecule has 0 atom stereocenters. The minimum absolute atomic E-state index is 0.172. The minimum atomic E-state index is -0.376. The van der Waals surface area contributed by atoms with E-state index >= 15 is 0 Å². The molecule has 0 saturated carbocycles. The maximum absolute atomic E-state index is 11.2. The number of benzene rings is 1. The number of nitrogens with zero attached hydrogens (tertiary/aromatic N) is 2. The van der Waals surface area contributed by atoms with Gasteiger partial charge in [0, 0.05) is 30.6 Å². The van der Waals surface area contributed by atoms with Gasteiger partial charge in [-0.05, 0) is 13.0 Å². The molecule has 0 fully saturated rings. The lowest BCUT2D eigenvalue weighted by molar-refractivity contribution is -0.165. The Kier molecular flexibility index (Phi) is 3.48. The van der Waals surface area contributed by atoms with E-state index in [0.29, 0.717) is 0 Å².